The fourth-order valence-electron chi connectivity index (χ4n) is 3.31. The van der Waals surface area contributed by atoms with Crippen molar-refractivity contribution in [3.63, 3.8) is 0 Å². The number of halogens is 2. The van der Waals surface area contributed by atoms with Crippen LogP contribution >= 0.6 is 34.5 Å². The van der Waals surface area contributed by atoms with Gasteiger partial charge in [-0.05, 0) is 40.8 Å². The molecule has 5 nitrogen and oxygen atoms in total. The molecule has 1 N–H and O–H groups in total. The molecule has 3 aromatic rings. The number of pyridine rings is 1. The zero-order valence-electron chi connectivity index (χ0n) is 14.9. The molecule has 0 spiro atoms. The van der Waals surface area contributed by atoms with Gasteiger partial charge in [0.25, 0.3) is 5.91 Å². The molecule has 0 bridgehead atoms. The van der Waals surface area contributed by atoms with Crippen LogP contribution in [-0.4, -0.2) is 26.7 Å². The number of ketones is 1. The molecule has 29 heavy (non-hydrogen) atoms. The van der Waals surface area contributed by atoms with E-state index in [1.165, 1.54) is 16.2 Å². The lowest BCUT2D eigenvalue weighted by atomic mass is 9.95. The summed E-state index contributed by atoms with van der Waals surface area (Å²) in [6.07, 6.45) is 3.27. The fraction of sp³-hybridized carbons (Fsp3) is 0.0952. The van der Waals surface area contributed by atoms with Gasteiger partial charge in [0.15, 0.2) is 5.76 Å². The number of aromatic nitrogens is 1. The maximum absolute atomic E-state index is 13.1. The van der Waals surface area contributed by atoms with Crippen molar-refractivity contribution in [3.8, 4) is 0 Å². The number of rotatable bonds is 5. The summed E-state index contributed by atoms with van der Waals surface area (Å²) in [6, 6.07) is 11.1. The first-order valence-corrected chi connectivity index (χ1v) is 10.3. The molecule has 146 valence electrons. The summed E-state index contributed by atoms with van der Waals surface area (Å²) in [7, 11) is 0. The summed E-state index contributed by atoms with van der Waals surface area (Å²) in [5.41, 5.74) is 1.38. The Kier molecular flexibility index (Phi) is 5.41. The van der Waals surface area contributed by atoms with Crippen LogP contribution in [0.15, 0.2) is 71.6 Å². The lowest BCUT2D eigenvalue weighted by Gasteiger charge is -2.27. The van der Waals surface area contributed by atoms with Gasteiger partial charge in [-0.2, -0.15) is 0 Å². The van der Waals surface area contributed by atoms with E-state index in [9.17, 15) is 14.7 Å². The number of hydrogen-bond donors (Lipinski definition) is 1. The van der Waals surface area contributed by atoms with Gasteiger partial charge in [-0.25, -0.2) is 0 Å². The van der Waals surface area contributed by atoms with E-state index >= 15 is 0 Å². The number of thiophene rings is 1. The zero-order chi connectivity index (χ0) is 20.5. The Hall–Kier alpha value is -2.67. The van der Waals surface area contributed by atoms with Crippen molar-refractivity contribution in [1.29, 1.82) is 0 Å². The van der Waals surface area contributed by atoms with Crippen LogP contribution in [0.2, 0.25) is 10.0 Å². The largest absolute Gasteiger partial charge is 0.503 e. The van der Waals surface area contributed by atoms with Crippen LogP contribution in [0, 0.1) is 0 Å². The van der Waals surface area contributed by atoms with Gasteiger partial charge in [0.2, 0.25) is 5.78 Å². The lowest BCUT2D eigenvalue weighted by molar-refractivity contribution is -0.130. The van der Waals surface area contributed by atoms with E-state index in [4.69, 9.17) is 23.2 Å². The summed E-state index contributed by atoms with van der Waals surface area (Å²) < 4.78 is 0. The molecule has 0 radical (unpaired) electrons. The van der Waals surface area contributed by atoms with Gasteiger partial charge in [0.05, 0.1) is 26.5 Å². The van der Waals surface area contributed by atoms with Gasteiger partial charge in [0, 0.05) is 18.9 Å². The van der Waals surface area contributed by atoms with Gasteiger partial charge in [-0.1, -0.05) is 41.4 Å². The van der Waals surface area contributed by atoms with E-state index in [1.54, 1.807) is 54.2 Å². The molecule has 0 aliphatic carbocycles. The first-order valence-electron chi connectivity index (χ1n) is 8.63. The third-order valence-electron chi connectivity index (χ3n) is 4.63. The second kappa shape index (κ2) is 7.99. The highest BCUT2D eigenvalue weighted by molar-refractivity contribution is 7.12. The van der Waals surface area contributed by atoms with E-state index < -0.39 is 23.5 Å². The first-order chi connectivity index (χ1) is 14.0. The third-order valence-corrected chi connectivity index (χ3v) is 6.24. The van der Waals surface area contributed by atoms with Crippen molar-refractivity contribution in [2.75, 3.05) is 0 Å². The Bertz CT molecular complexity index is 1110. The summed E-state index contributed by atoms with van der Waals surface area (Å²) in [4.78, 5) is 32.0. The molecule has 1 aliphatic heterocycles. The number of hydrogen-bond acceptors (Lipinski definition) is 5. The SMILES string of the molecule is O=C(C1=C(O)C(=O)N(Cc2cccnc2)[C@@H]1c1ccc(Cl)c(Cl)c1)c1cccs1. The van der Waals surface area contributed by atoms with Gasteiger partial charge >= 0.3 is 0 Å². The predicted octanol–water partition coefficient (Wildman–Crippen LogP) is 5.23. The second-order valence-electron chi connectivity index (χ2n) is 6.44. The smallest absolute Gasteiger partial charge is 0.290 e. The molecular formula is C21H14Cl2N2O3S. The molecular weight excluding hydrogens is 431 g/mol. The number of amides is 1. The summed E-state index contributed by atoms with van der Waals surface area (Å²) >= 11 is 13.5. The number of carbonyl (C=O) groups excluding carboxylic acids is 2. The molecule has 0 fully saturated rings. The standard InChI is InChI=1S/C21H14Cl2N2O3S/c22-14-6-5-13(9-15(14)23)18-17(19(26)16-4-2-8-29-16)20(27)21(28)25(18)11-12-3-1-7-24-10-12/h1-10,18,27H,11H2/t18-/m1/s1. The fourth-order valence-corrected chi connectivity index (χ4v) is 4.29. The highest BCUT2D eigenvalue weighted by Crippen LogP contribution is 2.41. The Labute approximate surface area is 180 Å². The van der Waals surface area contributed by atoms with Gasteiger partial charge in [-0.15, -0.1) is 11.3 Å². The van der Waals surface area contributed by atoms with Gasteiger partial charge < -0.3 is 10.0 Å². The number of aliphatic hydroxyl groups is 1. The molecule has 0 saturated heterocycles. The van der Waals surface area contributed by atoms with Gasteiger partial charge in [-0.3, -0.25) is 14.6 Å². The minimum atomic E-state index is -0.799. The first kappa shape index (κ1) is 19.6. The molecule has 2 aromatic heterocycles. The van der Waals surface area contributed by atoms with Crippen molar-refractivity contribution in [2.45, 2.75) is 12.6 Å². The number of Topliss-reactive ketones (excluding diaryl/α,β-unsaturated/α-hetero) is 1. The Morgan fingerprint density at radius 2 is 2.00 bits per heavy atom. The molecule has 0 unspecified atom stereocenters. The van der Waals surface area contributed by atoms with Crippen LogP contribution in [-0.2, 0) is 11.3 Å². The average molecular weight is 445 g/mol. The average Bonchev–Trinajstić information content (AvgIpc) is 3.34. The van der Waals surface area contributed by atoms with Crippen molar-refractivity contribution in [3.05, 3.63) is 97.6 Å². The molecule has 3 heterocycles. The molecule has 1 aliphatic rings. The zero-order valence-corrected chi connectivity index (χ0v) is 17.2. The maximum Gasteiger partial charge on any atom is 0.290 e. The number of nitrogens with zero attached hydrogens (tertiary/aromatic N) is 2. The number of carbonyl (C=O) groups is 2. The maximum atomic E-state index is 13.1. The van der Waals surface area contributed by atoms with Crippen LogP contribution in [0.3, 0.4) is 0 Å². The van der Waals surface area contributed by atoms with Crippen LogP contribution < -0.4 is 0 Å². The molecule has 4 rings (SSSR count). The number of benzene rings is 1. The lowest BCUT2D eigenvalue weighted by Crippen LogP contribution is -2.30. The van der Waals surface area contributed by atoms with E-state index in [1.807, 2.05) is 6.07 Å². The summed E-state index contributed by atoms with van der Waals surface area (Å²) in [5, 5.41) is 13.1. The normalized spacial score (nSPS) is 16.6. The Morgan fingerprint density at radius 3 is 2.66 bits per heavy atom. The van der Waals surface area contributed by atoms with Crippen LogP contribution in [0.5, 0.6) is 0 Å². The minimum Gasteiger partial charge on any atom is -0.503 e. The van der Waals surface area contributed by atoms with E-state index in [2.05, 4.69) is 4.98 Å². The quantitative estimate of drug-likeness (QED) is 0.546. The second-order valence-corrected chi connectivity index (χ2v) is 8.20. The molecule has 1 aromatic carbocycles. The summed E-state index contributed by atoms with van der Waals surface area (Å²) in [6.45, 7) is 0.170. The Morgan fingerprint density at radius 1 is 1.17 bits per heavy atom. The summed E-state index contributed by atoms with van der Waals surface area (Å²) in [5.74, 6) is -1.57. The van der Waals surface area contributed by atoms with Crippen LogP contribution in [0.1, 0.15) is 26.8 Å². The van der Waals surface area contributed by atoms with Gasteiger partial charge in [0.1, 0.15) is 0 Å². The predicted molar refractivity (Wildman–Crippen MR) is 112 cm³/mol. The topological polar surface area (TPSA) is 70.5 Å². The van der Waals surface area contributed by atoms with Crippen molar-refractivity contribution >= 4 is 46.2 Å². The Balaban J connectivity index is 1.82. The minimum absolute atomic E-state index is 0.0275. The van der Waals surface area contributed by atoms with E-state index in [0.29, 0.717) is 20.5 Å². The van der Waals surface area contributed by atoms with Crippen LogP contribution in [0.25, 0.3) is 0 Å². The third kappa shape index (κ3) is 3.67. The molecule has 0 saturated carbocycles. The highest BCUT2D eigenvalue weighted by Gasteiger charge is 2.44. The molecule has 1 atom stereocenters. The van der Waals surface area contributed by atoms with E-state index in [-0.39, 0.29) is 12.1 Å². The van der Waals surface area contributed by atoms with Crippen LogP contribution in [0.4, 0.5) is 0 Å². The monoisotopic (exact) mass is 444 g/mol. The highest BCUT2D eigenvalue weighted by atomic mass is 35.5. The molecule has 8 heteroatoms. The van der Waals surface area contributed by atoms with Crippen molar-refractivity contribution in [2.24, 2.45) is 0 Å². The van der Waals surface area contributed by atoms with E-state index in [0.717, 1.165) is 5.56 Å². The number of aliphatic hydroxyl groups excluding tert-OH is 1. The van der Waals surface area contributed by atoms with Crippen molar-refractivity contribution in [1.82, 2.24) is 9.88 Å². The molecule has 1 amide bonds. The van der Waals surface area contributed by atoms with Crippen molar-refractivity contribution < 1.29 is 14.7 Å².